The fourth-order valence-electron chi connectivity index (χ4n) is 3.50. The van der Waals surface area contributed by atoms with E-state index in [0.717, 1.165) is 48.1 Å². The van der Waals surface area contributed by atoms with Crippen LogP contribution in [0.5, 0.6) is 5.75 Å². The Morgan fingerprint density at radius 1 is 1.25 bits per heavy atom. The summed E-state index contributed by atoms with van der Waals surface area (Å²) in [6.07, 6.45) is 2.52. The van der Waals surface area contributed by atoms with E-state index in [9.17, 15) is 4.79 Å². The first-order valence-corrected chi connectivity index (χ1v) is 10.8. The number of benzene rings is 1. The predicted octanol–water partition coefficient (Wildman–Crippen LogP) is 4.63. The summed E-state index contributed by atoms with van der Waals surface area (Å²) in [5.74, 6) is 1.42. The van der Waals surface area contributed by atoms with Crippen LogP contribution >= 0.6 is 11.3 Å². The Labute approximate surface area is 172 Å². The van der Waals surface area contributed by atoms with Crippen molar-refractivity contribution in [2.75, 3.05) is 25.0 Å². The maximum absolute atomic E-state index is 12.3. The lowest BCUT2D eigenvalue weighted by atomic mass is 9.99. The molecule has 1 aliphatic rings. The Morgan fingerprint density at radius 2 is 1.96 bits per heavy atom. The number of nitrogens with one attached hydrogen (secondary N) is 1. The van der Waals surface area contributed by atoms with Crippen LogP contribution in [-0.4, -0.2) is 35.5 Å². The molecule has 0 atom stereocenters. The van der Waals surface area contributed by atoms with Crippen molar-refractivity contribution in [2.45, 2.75) is 54.0 Å². The molecule has 0 radical (unpaired) electrons. The van der Waals surface area contributed by atoms with E-state index < -0.39 is 0 Å². The van der Waals surface area contributed by atoms with Crippen molar-refractivity contribution in [2.24, 2.45) is 5.92 Å². The van der Waals surface area contributed by atoms with Gasteiger partial charge >= 0.3 is 0 Å². The van der Waals surface area contributed by atoms with Gasteiger partial charge < -0.3 is 4.74 Å². The van der Waals surface area contributed by atoms with Crippen molar-refractivity contribution in [3.05, 3.63) is 39.4 Å². The van der Waals surface area contributed by atoms with Crippen LogP contribution in [0.1, 0.15) is 47.0 Å². The number of aromatic nitrogens is 1. The van der Waals surface area contributed by atoms with E-state index in [-0.39, 0.29) is 12.5 Å². The largest absolute Gasteiger partial charge is 0.483 e. The molecular formula is C22H31N3O2S. The summed E-state index contributed by atoms with van der Waals surface area (Å²) in [7, 11) is 0. The van der Waals surface area contributed by atoms with Crippen molar-refractivity contribution in [1.29, 1.82) is 0 Å². The summed E-state index contributed by atoms with van der Waals surface area (Å²) < 4.78 is 5.76. The normalized spacial score (nSPS) is 15.6. The highest BCUT2D eigenvalue weighted by Gasteiger charge is 2.19. The third kappa shape index (κ3) is 5.32. The van der Waals surface area contributed by atoms with Gasteiger partial charge in [-0.15, -0.1) is 11.3 Å². The molecule has 28 heavy (non-hydrogen) atoms. The minimum atomic E-state index is -0.175. The number of thiazole rings is 1. The molecule has 1 amide bonds. The van der Waals surface area contributed by atoms with E-state index in [2.05, 4.69) is 35.1 Å². The zero-order valence-corrected chi connectivity index (χ0v) is 18.4. The first-order valence-electron chi connectivity index (χ1n) is 10.0. The predicted molar refractivity (Wildman–Crippen MR) is 115 cm³/mol. The molecule has 3 rings (SSSR count). The average Bonchev–Trinajstić information content (AvgIpc) is 2.97. The van der Waals surface area contributed by atoms with Crippen LogP contribution in [-0.2, 0) is 11.3 Å². The molecule has 0 aliphatic carbocycles. The number of piperidine rings is 1. The average molecular weight is 402 g/mol. The number of aryl methyl sites for hydroxylation is 3. The second-order valence-electron chi connectivity index (χ2n) is 8.03. The quantitative estimate of drug-likeness (QED) is 0.767. The maximum Gasteiger partial charge on any atom is 0.264 e. The van der Waals surface area contributed by atoms with E-state index in [1.165, 1.54) is 23.3 Å². The lowest BCUT2D eigenvalue weighted by Crippen LogP contribution is -2.32. The summed E-state index contributed by atoms with van der Waals surface area (Å²) in [5.41, 5.74) is 4.38. The Kier molecular flexibility index (Phi) is 6.73. The van der Waals surface area contributed by atoms with Crippen LogP contribution < -0.4 is 10.1 Å². The van der Waals surface area contributed by atoms with E-state index in [4.69, 9.17) is 4.74 Å². The number of hydrogen-bond acceptors (Lipinski definition) is 5. The second kappa shape index (κ2) is 9.05. The third-order valence-corrected chi connectivity index (χ3v) is 6.56. The van der Waals surface area contributed by atoms with Crippen molar-refractivity contribution in [1.82, 2.24) is 9.88 Å². The van der Waals surface area contributed by atoms with Gasteiger partial charge in [0.05, 0.1) is 5.69 Å². The maximum atomic E-state index is 12.3. The first kappa shape index (κ1) is 20.8. The van der Waals surface area contributed by atoms with Crippen LogP contribution in [0.15, 0.2) is 12.1 Å². The van der Waals surface area contributed by atoms with Gasteiger partial charge in [0.2, 0.25) is 0 Å². The van der Waals surface area contributed by atoms with Crippen molar-refractivity contribution >= 4 is 22.4 Å². The molecule has 1 saturated heterocycles. The first-order chi connectivity index (χ1) is 13.3. The molecule has 0 unspecified atom stereocenters. The smallest absolute Gasteiger partial charge is 0.264 e. The van der Waals surface area contributed by atoms with Gasteiger partial charge in [-0.3, -0.25) is 15.0 Å². The molecule has 5 nitrogen and oxygen atoms in total. The van der Waals surface area contributed by atoms with Crippen LogP contribution in [0.4, 0.5) is 5.13 Å². The highest BCUT2D eigenvalue weighted by molar-refractivity contribution is 7.15. The Hall–Kier alpha value is -1.92. The molecular weight excluding hydrogens is 370 g/mol. The van der Waals surface area contributed by atoms with E-state index in [0.29, 0.717) is 5.13 Å². The molecule has 1 N–H and O–H groups in total. The molecule has 0 bridgehead atoms. The van der Waals surface area contributed by atoms with Gasteiger partial charge in [-0.1, -0.05) is 13.0 Å². The summed E-state index contributed by atoms with van der Waals surface area (Å²) in [6, 6.07) is 4.09. The Bertz CT molecular complexity index is 839. The molecule has 0 spiro atoms. The van der Waals surface area contributed by atoms with Gasteiger partial charge in [-0.2, -0.15) is 0 Å². The number of carbonyl (C=O) groups is 1. The van der Waals surface area contributed by atoms with E-state index in [1.54, 1.807) is 11.3 Å². The third-order valence-electron chi connectivity index (χ3n) is 5.51. The topological polar surface area (TPSA) is 54.5 Å². The fraction of sp³-hybridized carbons (Fsp3) is 0.545. The van der Waals surface area contributed by atoms with Crippen LogP contribution in [0.2, 0.25) is 0 Å². The molecule has 2 heterocycles. The van der Waals surface area contributed by atoms with E-state index >= 15 is 0 Å². The Balaban J connectivity index is 1.55. The number of carbonyl (C=O) groups excluding carboxylic acids is 1. The van der Waals surface area contributed by atoms with E-state index in [1.807, 2.05) is 26.8 Å². The van der Waals surface area contributed by atoms with Crippen LogP contribution in [0, 0.1) is 33.6 Å². The molecule has 0 saturated carbocycles. The monoisotopic (exact) mass is 401 g/mol. The van der Waals surface area contributed by atoms with Gasteiger partial charge in [0, 0.05) is 11.4 Å². The number of ether oxygens (including phenoxy) is 1. The number of likely N-dealkylation sites (tertiary alicyclic amines) is 1. The number of rotatable bonds is 6. The standard InChI is InChI=1S/C22H31N3O2S/c1-14-6-8-25(9-7-14)12-20-18(5)23-22(28-20)24-21(26)13-27-19-11-15(2)10-16(3)17(19)4/h10-11,14H,6-9,12-13H2,1-5H3,(H,23,24,26). The molecule has 2 aromatic rings. The minimum absolute atomic E-state index is 0.0122. The minimum Gasteiger partial charge on any atom is -0.483 e. The molecule has 152 valence electrons. The van der Waals surface area contributed by atoms with Gasteiger partial charge in [-0.25, -0.2) is 4.98 Å². The summed E-state index contributed by atoms with van der Waals surface area (Å²) in [5, 5.41) is 3.55. The van der Waals surface area contributed by atoms with Crippen molar-refractivity contribution in [3.8, 4) is 5.75 Å². The molecule has 1 aromatic heterocycles. The van der Waals surface area contributed by atoms with Crippen LogP contribution in [0.25, 0.3) is 0 Å². The Morgan fingerprint density at radius 3 is 2.68 bits per heavy atom. The molecule has 1 aliphatic heterocycles. The molecule has 1 fully saturated rings. The van der Waals surface area contributed by atoms with Gasteiger partial charge in [-0.05, 0) is 82.3 Å². The summed E-state index contributed by atoms with van der Waals surface area (Å²) in [4.78, 5) is 20.6. The molecule has 1 aromatic carbocycles. The van der Waals surface area contributed by atoms with Crippen molar-refractivity contribution < 1.29 is 9.53 Å². The lowest BCUT2D eigenvalue weighted by molar-refractivity contribution is -0.118. The summed E-state index contributed by atoms with van der Waals surface area (Å²) in [6.45, 7) is 13.6. The van der Waals surface area contributed by atoms with Gasteiger partial charge in [0.25, 0.3) is 5.91 Å². The van der Waals surface area contributed by atoms with Crippen molar-refractivity contribution in [3.63, 3.8) is 0 Å². The second-order valence-corrected chi connectivity index (χ2v) is 9.11. The molecule has 6 heteroatoms. The van der Waals surface area contributed by atoms with Gasteiger partial charge in [0.15, 0.2) is 11.7 Å². The van der Waals surface area contributed by atoms with Gasteiger partial charge in [0.1, 0.15) is 5.75 Å². The van der Waals surface area contributed by atoms with Crippen LogP contribution in [0.3, 0.4) is 0 Å². The SMILES string of the molecule is Cc1cc(C)c(C)c(OCC(=O)Nc2nc(C)c(CN3CCC(C)CC3)s2)c1. The fourth-order valence-corrected chi connectivity index (χ4v) is 4.52. The lowest BCUT2D eigenvalue weighted by Gasteiger charge is -2.29. The number of amides is 1. The zero-order valence-electron chi connectivity index (χ0n) is 17.6. The number of hydrogen-bond donors (Lipinski definition) is 1. The zero-order chi connectivity index (χ0) is 20.3. The highest BCUT2D eigenvalue weighted by Crippen LogP contribution is 2.27. The number of anilines is 1. The summed E-state index contributed by atoms with van der Waals surface area (Å²) >= 11 is 1.57. The highest BCUT2D eigenvalue weighted by atomic mass is 32.1. The number of nitrogens with zero attached hydrogens (tertiary/aromatic N) is 2.